The predicted octanol–water partition coefficient (Wildman–Crippen LogP) is 5.01. The zero-order valence-electron chi connectivity index (χ0n) is 10.7. The quantitative estimate of drug-likeness (QED) is 0.492. The van der Waals surface area contributed by atoms with E-state index >= 15 is 0 Å². The number of fused-ring (bicyclic) bond motifs is 5. The van der Waals surface area contributed by atoms with E-state index in [-0.39, 0.29) is 5.82 Å². The van der Waals surface area contributed by atoms with E-state index in [9.17, 15) is 4.39 Å². The molecule has 1 heteroatoms. The third kappa shape index (κ3) is 1.58. The van der Waals surface area contributed by atoms with E-state index in [1.807, 2.05) is 12.1 Å². The fourth-order valence-electron chi connectivity index (χ4n) is 3.39. The summed E-state index contributed by atoms with van der Waals surface area (Å²) in [4.78, 5) is 0. The number of halogens is 1. The van der Waals surface area contributed by atoms with Crippen LogP contribution >= 0.6 is 0 Å². The molecule has 4 rings (SSSR count). The maximum absolute atomic E-state index is 13.9. The van der Waals surface area contributed by atoms with Gasteiger partial charge in [-0.2, -0.15) is 0 Å². The fraction of sp³-hybridized carbons (Fsp3) is 0.222. The second kappa shape index (κ2) is 4.06. The average Bonchev–Trinajstić information content (AvgIpc) is 2.47. The van der Waals surface area contributed by atoms with Crippen molar-refractivity contribution in [1.82, 2.24) is 0 Å². The molecule has 0 N–H and O–H groups in total. The highest BCUT2D eigenvalue weighted by molar-refractivity contribution is 6.08. The topological polar surface area (TPSA) is 0 Å². The Morgan fingerprint density at radius 3 is 2.37 bits per heavy atom. The Kier molecular flexibility index (Phi) is 2.34. The van der Waals surface area contributed by atoms with Crippen LogP contribution in [0.15, 0.2) is 42.5 Å². The third-order valence-electron chi connectivity index (χ3n) is 4.34. The summed E-state index contributed by atoms with van der Waals surface area (Å²) in [5.41, 5.74) is 2.96. The molecule has 0 radical (unpaired) electrons. The Balaban J connectivity index is 2.15. The Hall–Kier alpha value is -1.89. The molecule has 0 spiro atoms. The van der Waals surface area contributed by atoms with Crippen molar-refractivity contribution < 1.29 is 4.39 Å². The molecule has 0 saturated heterocycles. The number of rotatable bonds is 0. The lowest BCUT2D eigenvalue weighted by atomic mass is 9.86. The summed E-state index contributed by atoms with van der Waals surface area (Å²) >= 11 is 0. The van der Waals surface area contributed by atoms with Gasteiger partial charge in [-0.1, -0.05) is 36.4 Å². The molecule has 94 valence electrons. The van der Waals surface area contributed by atoms with E-state index in [2.05, 4.69) is 18.2 Å². The molecular weight excluding hydrogens is 235 g/mol. The molecule has 19 heavy (non-hydrogen) atoms. The minimum absolute atomic E-state index is 0.128. The summed E-state index contributed by atoms with van der Waals surface area (Å²) in [7, 11) is 0. The Labute approximate surface area is 111 Å². The molecule has 0 unspecified atom stereocenters. The largest absolute Gasteiger partial charge is 0.206 e. The van der Waals surface area contributed by atoms with Gasteiger partial charge in [0.1, 0.15) is 5.82 Å². The van der Waals surface area contributed by atoms with E-state index in [0.717, 1.165) is 17.2 Å². The molecule has 0 aliphatic heterocycles. The first kappa shape index (κ1) is 11.0. The Bertz CT molecular complexity index is 786. The second-order valence-corrected chi connectivity index (χ2v) is 5.41. The van der Waals surface area contributed by atoms with Crippen LogP contribution in [0.4, 0.5) is 4.39 Å². The van der Waals surface area contributed by atoms with E-state index < -0.39 is 0 Å². The van der Waals surface area contributed by atoms with E-state index in [4.69, 9.17) is 0 Å². The normalized spacial score (nSPS) is 14.8. The van der Waals surface area contributed by atoms with Gasteiger partial charge in [0.2, 0.25) is 0 Å². The standard InChI is InChI=1S/C18H15F/c19-18-7-3-6-14-16-9-8-12-4-1-2-5-13(12)15(16)10-11-17(14)18/h3,6-11H,1-2,4-5H2. The molecule has 0 atom stereocenters. The molecular formula is C18H15F. The van der Waals surface area contributed by atoms with Crippen LogP contribution in [-0.4, -0.2) is 0 Å². The van der Waals surface area contributed by atoms with Crippen molar-refractivity contribution in [3.8, 4) is 0 Å². The van der Waals surface area contributed by atoms with Gasteiger partial charge >= 0.3 is 0 Å². The van der Waals surface area contributed by atoms with Crippen molar-refractivity contribution in [1.29, 1.82) is 0 Å². The molecule has 1 aliphatic carbocycles. The Morgan fingerprint density at radius 1 is 0.684 bits per heavy atom. The van der Waals surface area contributed by atoms with Gasteiger partial charge in [-0.15, -0.1) is 0 Å². The molecule has 0 fully saturated rings. The monoisotopic (exact) mass is 250 g/mol. The molecule has 0 heterocycles. The summed E-state index contributed by atoms with van der Waals surface area (Å²) in [5.74, 6) is -0.128. The summed E-state index contributed by atoms with van der Waals surface area (Å²) in [5, 5.41) is 4.27. The van der Waals surface area contributed by atoms with Crippen molar-refractivity contribution in [3.05, 3.63) is 59.4 Å². The molecule has 0 aromatic heterocycles. The van der Waals surface area contributed by atoms with Gasteiger partial charge in [-0.3, -0.25) is 0 Å². The van der Waals surface area contributed by atoms with Crippen LogP contribution < -0.4 is 0 Å². The predicted molar refractivity (Wildman–Crippen MR) is 78.1 cm³/mol. The van der Waals surface area contributed by atoms with Crippen molar-refractivity contribution in [2.45, 2.75) is 25.7 Å². The first-order valence-corrected chi connectivity index (χ1v) is 6.96. The zero-order chi connectivity index (χ0) is 12.8. The lowest BCUT2D eigenvalue weighted by molar-refractivity contribution is 0.640. The summed E-state index contributed by atoms with van der Waals surface area (Å²) in [6.07, 6.45) is 4.91. The number of aryl methyl sites for hydroxylation is 2. The maximum atomic E-state index is 13.9. The second-order valence-electron chi connectivity index (χ2n) is 5.41. The number of benzene rings is 3. The molecule has 3 aromatic rings. The highest BCUT2D eigenvalue weighted by atomic mass is 19.1. The van der Waals surface area contributed by atoms with Crippen LogP contribution in [0, 0.1) is 5.82 Å². The first-order valence-electron chi connectivity index (χ1n) is 6.96. The van der Waals surface area contributed by atoms with Gasteiger partial charge in [-0.05, 0) is 59.0 Å². The van der Waals surface area contributed by atoms with Gasteiger partial charge < -0.3 is 0 Å². The molecule has 0 amide bonds. The maximum Gasteiger partial charge on any atom is 0.131 e. The van der Waals surface area contributed by atoms with E-state index in [1.165, 1.54) is 47.2 Å². The van der Waals surface area contributed by atoms with E-state index in [0.29, 0.717) is 0 Å². The third-order valence-corrected chi connectivity index (χ3v) is 4.34. The first-order chi connectivity index (χ1) is 9.34. The summed E-state index contributed by atoms with van der Waals surface area (Å²) in [6, 6.07) is 13.8. The van der Waals surface area contributed by atoms with Crippen molar-refractivity contribution in [3.63, 3.8) is 0 Å². The van der Waals surface area contributed by atoms with Crippen LogP contribution in [-0.2, 0) is 12.8 Å². The fourth-order valence-corrected chi connectivity index (χ4v) is 3.39. The van der Waals surface area contributed by atoms with Crippen LogP contribution in [0.25, 0.3) is 21.5 Å². The average molecular weight is 250 g/mol. The Morgan fingerprint density at radius 2 is 1.42 bits per heavy atom. The van der Waals surface area contributed by atoms with Crippen molar-refractivity contribution >= 4 is 21.5 Å². The van der Waals surface area contributed by atoms with Crippen LogP contribution in [0.5, 0.6) is 0 Å². The number of hydrogen-bond donors (Lipinski definition) is 0. The molecule has 0 saturated carbocycles. The lowest BCUT2D eigenvalue weighted by Crippen LogP contribution is -2.03. The van der Waals surface area contributed by atoms with Crippen LogP contribution in [0.1, 0.15) is 24.0 Å². The molecule has 1 aliphatic rings. The van der Waals surface area contributed by atoms with Gasteiger partial charge in [0.25, 0.3) is 0 Å². The van der Waals surface area contributed by atoms with Gasteiger partial charge in [-0.25, -0.2) is 4.39 Å². The van der Waals surface area contributed by atoms with Crippen molar-refractivity contribution in [2.24, 2.45) is 0 Å². The minimum Gasteiger partial charge on any atom is -0.206 e. The summed E-state index contributed by atoms with van der Waals surface area (Å²) < 4.78 is 13.9. The highest BCUT2D eigenvalue weighted by Gasteiger charge is 2.13. The SMILES string of the molecule is Fc1cccc2c1ccc1c3c(ccc12)CCCC3. The van der Waals surface area contributed by atoms with Crippen LogP contribution in [0.2, 0.25) is 0 Å². The van der Waals surface area contributed by atoms with Gasteiger partial charge in [0, 0.05) is 5.39 Å². The molecule has 0 nitrogen and oxygen atoms in total. The summed E-state index contributed by atoms with van der Waals surface area (Å²) in [6.45, 7) is 0. The molecule has 3 aromatic carbocycles. The minimum atomic E-state index is -0.128. The van der Waals surface area contributed by atoms with Crippen molar-refractivity contribution in [2.75, 3.05) is 0 Å². The lowest BCUT2D eigenvalue weighted by Gasteiger charge is -2.18. The highest BCUT2D eigenvalue weighted by Crippen LogP contribution is 2.33. The van der Waals surface area contributed by atoms with E-state index in [1.54, 1.807) is 6.07 Å². The molecule has 0 bridgehead atoms. The number of hydrogen-bond acceptors (Lipinski definition) is 0. The van der Waals surface area contributed by atoms with Crippen LogP contribution in [0.3, 0.4) is 0 Å². The smallest absolute Gasteiger partial charge is 0.131 e. The zero-order valence-corrected chi connectivity index (χ0v) is 10.7. The van der Waals surface area contributed by atoms with Gasteiger partial charge in [0.05, 0.1) is 0 Å². The van der Waals surface area contributed by atoms with Gasteiger partial charge in [0.15, 0.2) is 0 Å².